The maximum absolute atomic E-state index is 5.85. The Kier molecular flexibility index (Phi) is 4.09. The highest BCUT2D eigenvalue weighted by molar-refractivity contribution is 9.10. The number of nitrogen functional groups attached to an aromatic ring is 1. The van der Waals surface area contributed by atoms with E-state index < -0.39 is 0 Å². The molecular formula is C13H10BrN3OS2. The first kappa shape index (κ1) is 13.7. The average molecular weight is 368 g/mol. The van der Waals surface area contributed by atoms with Crippen LogP contribution in [-0.4, -0.2) is 10.1 Å². The number of benzene rings is 1. The number of nitrogens with zero attached hydrogens (tertiary/aromatic N) is 2. The van der Waals surface area contributed by atoms with E-state index in [2.05, 4.69) is 26.1 Å². The normalized spacial score (nSPS) is 10.8. The van der Waals surface area contributed by atoms with Gasteiger partial charge in [0.25, 0.3) is 5.89 Å². The molecule has 0 radical (unpaired) electrons. The van der Waals surface area contributed by atoms with Crippen molar-refractivity contribution < 1.29 is 4.52 Å². The van der Waals surface area contributed by atoms with E-state index in [1.807, 2.05) is 35.7 Å². The van der Waals surface area contributed by atoms with Gasteiger partial charge in [-0.15, -0.1) is 23.1 Å². The first-order chi connectivity index (χ1) is 9.74. The van der Waals surface area contributed by atoms with Crippen LogP contribution in [0.4, 0.5) is 5.00 Å². The fourth-order valence-corrected chi connectivity index (χ4v) is 3.67. The molecule has 102 valence electrons. The highest BCUT2D eigenvalue weighted by atomic mass is 79.9. The Bertz CT molecular complexity index is 726. The molecule has 0 fully saturated rings. The molecule has 2 N–H and O–H groups in total. The molecule has 0 amide bonds. The number of nitrogens with two attached hydrogens (primary N) is 1. The molecule has 4 nitrogen and oxygen atoms in total. The summed E-state index contributed by atoms with van der Waals surface area (Å²) >= 11 is 6.63. The van der Waals surface area contributed by atoms with E-state index in [0.717, 1.165) is 14.9 Å². The molecule has 1 aromatic carbocycles. The van der Waals surface area contributed by atoms with Crippen molar-refractivity contribution in [3.8, 4) is 11.5 Å². The summed E-state index contributed by atoms with van der Waals surface area (Å²) in [6, 6.07) is 9.93. The van der Waals surface area contributed by atoms with E-state index in [4.69, 9.17) is 10.3 Å². The van der Waals surface area contributed by atoms with Crippen LogP contribution in [0.2, 0.25) is 0 Å². The lowest BCUT2D eigenvalue weighted by atomic mass is 10.3. The van der Waals surface area contributed by atoms with Crippen LogP contribution >= 0.6 is 39.0 Å². The summed E-state index contributed by atoms with van der Waals surface area (Å²) in [5.41, 5.74) is 6.65. The van der Waals surface area contributed by atoms with Gasteiger partial charge in [0.05, 0.1) is 16.3 Å². The van der Waals surface area contributed by atoms with Crippen molar-refractivity contribution in [3.63, 3.8) is 0 Å². The number of aromatic nitrogens is 2. The summed E-state index contributed by atoms with van der Waals surface area (Å²) in [6.07, 6.45) is 0. The zero-order chi connectivity index (χ0) is 13.9. The van der Waals surface area contributed by atoms with Crippen LogP contribution in [0.1, 0.15) is 5.82 Å². The summed E-state index contributed by atoms with van der Waals surface area (Å²) < 4.78 is 6.31. The highest BCUT2D eigenvalue weighted by Gasteiger charge is 2.13. The monoisotopic (exact) mass is 367 g/mol. The average Bonchev–Trinajstić information content (AvgIpc) is 3.06. The minimum Gasteiger partial charge on any atom is -0.390 e. The number of thioether (sulfide) groups is 1. The van der Waals surface area contributed by atoms with Gasteiger partial charge in [-0.05, 0) is 39.5 Å². The molecule has 2 aromatic heterocycles. The predicted octanol–water partition coefficient (Wildman–Crippen LogP) is 4.44. The third-order valence-electron chi connectivity index (χ3n) is 2.59. The molecule has 0 saturated heterocycles. The van der Waals surface area contributed by atoms with Gasteiger partial charge in [0.15, 0.2) is 5.82 Å². The second-order valence-electron chi connectivity index (χ2n) is 3.93. The maximum atomic E-state index is 5.85. The predicted molar refractivity (Wildman–Crippen MR) is 85.7 cm³/mol. The lowest BCUT2D eigenvalue weighted by Gasteiger charge is -2.00. The SMILES string of the molecule is Nc1sccc1-c1nc(CSc2ccccc2Br)no1. The Labute approximate surface area is 132 Å². The van der Waals surface area contributed by atoms with Crippen molar-refractivity contribution >= 4 is 44.0 Å². The van der Waals surface area contributed by atoms with E-state index in [0.29, 0.717) is 22.5 Å². The third-order valence-corrected chi connectivity index (χ3v) is 5.36. The number of rotatable bonds is 4. The topological polar surface area (TPSA) is 64.9 Å². The maximum Gasteiger partial charge on any atom is 0.260 e. The van der Waals surface area contributed by atoms with Crippen molar-refractivity contribution in [2.45, 2.75) is 10.6 Å². The number of halogens is 1. The molecule has 0 atom stereocenters. The quantitative estimate of drug-likeness (QED) is 0.690. The van der Waals surface area contributed by atoms with Crippen LogP contribution in [0, 0.1) is 0 Å². The fourth-order valence-electron chi connectivity index (χ4n) is 1.62. The summed E-state index contributed by atoms with van der Waals surface area (Å²) in [5.74, 6) is 1.79. The van der Waals surface area contributed by atoms with E-state index in [1.165, 1.54) is 11.3 Å². The molecule has 3 rings (SSSR count). The summed E-state index contributed by atoms with van der Waals surface area (Å²) in [4.78, 5) is 5.52. The molecule has 2 heterocycles. The Morgan fingerprint density at radius 2 is 2.15 bits per heavy atom. The standard InChI is InChI=1S/C13H10BrN3OS2/c14-9-3-1-2-4-10(9)20-7-11-16-13(18-17-11)8-5-6-19-12(8)15/h1-6H,7,15H2. The Balaban J connectivity index is 1.72. The summed E-state index contributed by atoms with van der Waals surface area (Å²) in [5, 5.41) is 6.59. The van der Waals surface area contributed by atoms with Gasteiger partial charge >= 0.3 is 0 Å². The van der Waals surface area contributed by atoms with E-state index >= 15 is 0 Å². The molecule has 20 heavy (non-hydrogen) atoms. The first-order valence-electron chi connectivity index (χ1n) is 5.77. The second-order valence-corrected chi connectivity index (χ2v) is 6.75. The molecule has 3 aromatic rings. The van der Waals surface area contributed by atoms with Crippen LogP contribution in [0.25, 0.3) is 11.5 Å². The zero-order valence-electron chi connectivity index (χ0n) is 10.2. The highest BCUT2D eigenvalue weighted by Crippen LogP contribution is 2.31. The summed E-state index contributed by atoms with van der Waals surface area (Å²) in [6.45, 7) is 0. The lowest BCUT2D eigenvalue weighted by molar-refractivity contribution is 0.425. The van der Waals surface area contributed by atoms with Gasteiger partial charge in [0, 0.05) is 9.37 Å². The first-order valence-corrected chi connectivity index (χ1v) is 8.43. The molecule has 0 aliphatic carbocycles. The molecule has 0 aliphatic heterocycles. The Hall–Kier alpha value is -1.31. The molecule has 0 bridgehead atoms. The lowest BCUT2D eigenvalue weighted by Crippen LogP contribution is -1.86. The molecule has 0 aliphatic rings. The molecule has 0 saturated carbocycles. The molecular weight excluding hydrogens is 358 g/mol. The van der Waals surface area contributed by atoms with Gasteiger partial charge in [-0.2, -0.15) is 4.98 Å². The van der Waals surface area contributed by atoms with E-state index in [-0.39, 0.29) is 0 Å². The van der Waals surface area contributed by atoms with Gasteiger partial charge < -0.3 is 10.3 Å². The number of thiophene rings is 1. The van der Waals surface area contributed by atoms with Crippen molar-refractivity contribution in [3.05, 3.63) is 46.0 Å². The molecule has 0 unspecified atom stereocenters. The number of hydrogen-bond acceptors (Lipinski definition) is 6. The Morgan fingerprint density at radius 3 is 2.90 bits per heavy atom. The number of hydrogen-bond donors (Lipinski definition) is 1. The third kappa shape index (κ3) is 2.89. The number of anilines is 1. The largest absolute Gasteiger partial charge is 0.390 e. The van der Waals surface area contributed by atoms with Gasteiger partial charge in [0.1, 0.15) is 0 Å². The van der Waals surface area contributed by atoms with Gasteiger partial charge in [-0.25, -0.2) is 0 Å². The Morgan fingerprint density at radius 1 is 1.30 bits per heavy atom. The van der Waals surface area contributed by atoms with Gasteiger partial charge in [-0.3, -0.25) is 0 Å². The van der Waals surface area contributed by atoms with E-state index in [9.17, 15) is 0 Å². The molecule has 7 heteroatoms. The van der Waals surface area contributed by atoms with Crippen LogP contribution in [0.3, 0.4) is 0 Å². The second kappa shape index (κ2) is 5.99. The van der Waals surface area contributed by atoms with Crippen LogP contribution < -0.4 is 5.73 Å². The van der Waals surface area contributed by atoms with Crippen LogP contribution in [-0.2, 0) is 5.75 Å². The fraction of sp³-hybridized carbons (Fsp3) is 0.0769. The van der Waals surface area contributed by atoms with Crippen LogP contribution in [0.15, 0.2) is 49.6 Å². The van der Waals surface area contributed by atoms with Crippen molar-refractivity contribution in [2.24, 2.45) is 0 Å². The zero-order valence-corrected chi connectivity index (χ0v) is 13.5. The van der Waals surface area contributed by atoms with Crippen LogP contribution in [0.5, 0.6) is 0 Å². The van der Waals surface area contributed by atoms with Gasteiger partial charge in [0.2, 0.25) is 0 Å². The minimum atomic E-state index is 0.478. The smallest absolute Gasteiger partial charge is 0.260 e. The van der Waals surface area contributed by atoms with Crippen molar-refractivity contribution in [1.29, 1.82) is 0 Å². The molecule has 0 spiro atoms. The van der Waals surface area contributed by atoms with E-state index in [1.54, 1.807) is 11.8 Å². The minimum absolute atomic E-state index is 0.478. The summed E-state index contributed by atoms with van der Waals surface area (Å²) in [7, 11) is 0. The van der Waals surface area contributed by atoms with Gasteiger partial charge in [-0.1, -0.05) is 17.3 Å². The van der Waals surface area contributed by atoms with Crippen molar-refractivity contribution in [1.82, 2.24) is 10.1 Å². The van der Waals surface area contributed by atoms with Crippen molar-refractivity contribution in [2.75, 3.05) is 5.73 Å².